The average Bonchev–Trinajstić information content (AvgIpc) is 3.00. The lowest BCUT2D eigenvalue weighted by atomic mass is 10.1. The van der Waals surface area contributed by atoms with Crippen LogP contribution in [0, 0.1) is 5.82 Å². The third-order valence-corrected chi connectivity index (χ3v) is 3.76. The number of imidazole rings is 1. The van der Waals surface area contributed by atoms with Crippen molar-refractivity contribution in [1.82, 2.24) is 9.55 Å². The second-order valence-corrected chi connectivity index (χ2v) is 5.08. The first kappa shape index (κ1) is 13.8. The SMILES string of the molecule is CCn1cncc1CN1C(=O)C(=O)c2cc(Cl)c(F)cc21. The summed E-state index contributed by atoms with van der Waals surface area (Å²) >= 11 is 5.67. The molecule has 1 aliphatic rings. The van der Waals surface area contributed by atoms with Crippen molar-refractivity contribution in [1.29, 1.82) is 0 Å². The Hall–Kier alpha value is -2.21. The van der Waals surface area contributed by atoms with Gasteiger partial charge in [-0.3, -0.25) is 14.5 Å². The van der Waals surface area contributed by atoms with Crippen molar-refractivity contribution in [3.63, 3.8) is 0 Å². The van der Waals surface area contributed by atoms with E-state index in [-0.39, 0.29) is 22.8 Å². The number of aryl methyl sites for hydroxylation is 1. The maximum Gasteiger partial charge on any atom is 0.299 e. The fourth-order valence-corrected chi connectivity index (χ4v) is 2.54. The van der Waals surface area contributed by atoms with Crippen LogP contribution in [0.15, 0.2) is 24.7 Å². The topological polar surface area (TPSA) is 55.2 Å². The van der Waals surface area contributed by atoms with Crippen LogP contribution in [0.5, 0.6) is 0 Å². The van der Waals surface area contributed by atoms with Gasteiger partial charge in [-0.05, 0) is 19.1 Å². The molecule has 7 heteroatoms. The molecule has 0 fully saturated rings. The number of hydrogen-bond acceptors (Lipinski definition) is 3. The fraction of sp³-hybridized carbons (Fsp3) is 0.214. The molecule has 2 aromatic rings. The summed E-state index contributed by atoms with van der Waals surface area (Å²) < 4.78 is 15.5. The van der Waals surface area contributed by atoms with Crippen LogP contribution in [-0.2, 0) is 17.9 Å². The van der Waals surface area contributed by atoms with Crippen molar-refractivity contribution in [2.24, 2.45) is 0 Å². The first-order valence-electron chi connectivity index (χ1n) is 6.37. The summed E-state index contributed by atoms with van der Waals surface area (Å²) in [4.78, 5) is 29.3. The lowest BCUT2D eigenvalue weighted by molar-refractivity contribution is -0.114. The predicted octanol–water partition coefficient (Wildman–Crippen LogP) is 2.43. The number of anilines is 1. The van der Waals surface area contributed by atoms with Crippen molar-refractivity contribution in [2.75, 3.05) is 4.90 Å². The molecule has 1 aromatic heterocycles. The van der Waals surface area contributed by atoms with Gasteiger partial charge in [0.15, 0.2) is 0 Å². The van der Waals surface area contributed by atoms with Gasteiger partial charge >= 0.3 is 0 Å². The number of nitrogens with zero attached hydrogens (tertiary/aromatic N) is 3. The highest BCUT2D eigenvalue weighted by molar-refractivity contribution is 6.52. The number of amides is 1. The molecule has 1 amide bonds. The Bertz CT molecular complexity index is 757. The second-order valence-electron chi connectivity index (χ2n) is 4.67. The number of ketones is 1. The Balaban J connectivity index is 2.03. The molecule has 0 N–H and O–H groups in total. The fourth-order valence-electron chi connectivity index (χ4n) is 2.37. The molecule has 0 spiro atoms. The van der Waals surface area contributed by atoms with Gasteiger partial charge in [-0.1, -0.05) is 11.6 Å². The highest BCUT2D eigenvalue weighted by Crippen LogP contribution is 2.34. The molecule has 3 rings (SSSR count). The Kier molecular flexibility index (Phi) is 3.25. The van der Waals surface area contributed by atoms with Crippen LogP contribution >= 0.6 is 11.6 Å². The average molecular weight is 308 g/mol. The third kappa shape index (κ3) is 2.12. The Labute approximate surface area is 124 Å². The van der Waals surface area contributed by atoms with Crippen LogP contribution in [0.2, 0.25) is 5.02 Å². The highest BCUT2D eigenvalue weighted by atomic mass is 35.5. The van der Waals surface area contributed by atoms with E-state index in [9.17, 15) is 14.0 Å². The summed E-state index contributed by atoms with van der Waals surface area (Å²) in [6.07, 6.45) is 3.26. The molecule has 108 valence electrons. The second kappa shape index (κ2) is 4.96. The number of Topliss-reactive ketones (excluding diaryl/α,β-unsaturated/α-hetero) is 1. The van der Waals surface area contributed by atoms with E-state index < -0.39 is 17.5 Å². The molecule has 2 heterocycles. The molecule has 0 saturated heterocycles. The summed E-state index contributed by atoms with van der Waals surface area (Å²) in [7, 11) is 0. The maximum atomic E-state index is 13.6. The number of hydrogen-bond donors (Lipinski definition) is 0. The highest BCUT2D eigenvalue weighted by Gasteiger charge is 2.37. The molecule has 0 radical (unpaired) electrons. The lowest BCUT2D eigenvalue weighted by Crippen LogP contribution is -2.30. The van der Waals surface area contributed by atoms with Crippen molar-refractivity contribution in [3.05, 3.63) is 46.8 Å². The largest absolute Gasteiger partial charge is 0.333 e. The minimum absolute atomic E-state index is 0.133. The number of carbonyl (C=O) groups excluding carboxylic acids is 2. The molecule has 0 unspecified atom stereocenters. The zero-order valence-corrected chi connectivity index (χ0v) is 11.9. The van der Waals surface area contributed by atoms with Crippen molar-refractivity contribution >= 4 is 29.0 Å². The molecule has 0 bridgehead atoms. The zero-order chi connectivity index (χ0) is 15.1. The van der Waals surface area contributed by atoms with Crippen LogP contribution in [0.1, 0.15) is 23.0 Å². The van der Waals surface area contributed by atoms with Gasteiger partial charge in [-0.2, -0.15) is 0 Å². The van der Waals surface area contributed by atoms with Gasteiger partial charge in [0.2, 0.25) is 0 Å². The summed E-state index contributed by atoms with van der Waals surface area (Å²) in [6.45, 7) is 2.79. The molecule has 0 saturated carbocycles. The van der Waals surface area contributed by atoms with Crippen LogP contribution < -0.4 is 4.90 Å². The van der Waals surface area contributed by atoms with E-state index in [4.69, 9.17) is 11.6 Å². The van der Waals surface area contributed by atoms with Crippen molar-refractivity contribution < 1.29 is 14.0 Å². The minimum atomic E-state index is -0.685. The minimum Gasteiger partial charge on any atom is -0.333 e. The standard InChI is InChI=1S/C14H11ClFN3O2/c1-2-18-7-17-5-8(18)6-19-12-4-11(16)10(15)3-9(12)13(20)14(19)21/h3-5,7H,2,6H2,1H3. The van der Waals surface area contributed by atoms with Crippen LogP contribution in [0.3, 0.4) is 0 Å². The van der Waals surface area contributed by atoms with Crippen LogP contribution in [0.4, 0.5) is 10.1 Å². The smallest absolute Gasteiger partial charge is 0.299 e. The first-order chi connectivity index (χ1) is 10.0. The first-order valence-corrected chi connectivity index (χ1v) is 6.75. The molecule has 1 aromatic carbocycles. The zero-order valence-electron chi connectivity index (χ0n) is 11.1. The Morgan fingerprint density at radius 2 is 2.10 bits per heavy atom. The Morgan fingerprint density at radius 3 is 2.81 bits per heavy atom. The molecule has 0 aliphatic carbocycles. The van der Waals surface area contributed by atoms with Gasteiger partial charge in [0.1, 0.15) is 5.82 Å². The molecule has 5 nitrogen and oxygen atoms in total. The van der Waals surface area contributed by atoms with Crippen LogP contribution in [0.25, 0.3) is 0 Å². The van der Waals surface area contributed by atoms with E-state index >= 15 is 0 Å². The van der Waals surface area contributed by atoms with Gasteiger partial charge in [0.25, 0.3) is 11.7 Å². The van der Waals surface area contributed by atoms with E-state index in [0.717, 1.165) is 11.8 Å². The van der Waals surface area contributed by atoms with E-state index in [1.807, 2.05) is 11.5 Å². The number of aromatic nitrogens is 2. The number of carbonyl (C=O) groups is 2. The predicted molar refractivity (Wildman–Crippen MR) is 74.8 cm³/mol. The van der Waals surface area contributed by atoms with Crippen molar-refractivity contribution in [3.8, 4) is 0 Å². The van der Waals surface area contributed by atoms with Crippen molar-refractivity contribution in [2.45, 2.75) is 20.0 Å². The van der Waals surface area contributed by atoms with Crippen LogP contribution in [-0.4, -0.2) is 21.2 Å². The normalized spacial score (nSPS) is 14.0. The van der Waals surface area contributed by atoms with E-state index in [1.54, 1.807) is 12.5 Å². The van der Waals surface area contributed by atoms with Gasteiger partial charge in [0, 0.05) is 12.7 Å². The molecule has 1 aliphatic heterocycles. The summed E-state index contributed by atoms with van der Waals surface area (Å²) in [5.74, 6) is -2.02. The monoisotopic (exact) mass is 307 g/mol. The number of benzene rings is 1. The summed E-state index contributed by atoms with van der Waals surface area (Å²) in [5, 5.41) is -0.171. The van der Waals surface area contributed by atoms with Gasteiger partial charge in [-0.25, -0.2) is 9.37 Å². The molecular weight excluding hydrogens is 297 g/mol. The summed E-state index contributed by atoms with van der Waals surface area (Å²) in [5.41, 5.74) is 1.14. The number of rotatable bonds is 3. The maximum absolute atomic E-state index is 13.6. The quantitative estimate of drug-likeness (QED) is 0.818. The lowest BCUT2D eigenvalue weighted by Gasteiger charge is -2.17. The third-order valence-electron chi connectivity index (χ3n) is 3.47. The van der Waals surface area contributed by atoms with E-state index in [1.165, 1.54) is 11.0 Å². The van der Waals surface area contributed by atoms with Gasteiger partial charge in [0.05, 0.1) is 34.8 Å². The number of halogens is 2. The molecule has 21 heavy (non-hydrogen) atoms. The Morgan fingerprint density at radius 1 is 1.33 bits per heavy atom. The summed E-state index contributed by atoms with van der Waals surface area (Å²) in [6, 6.07) is 2.32. The number of fused-ring (bicyclic) bond motifs is 1. The van der Waals surface area contributed by atoms with Gasteiger partial charge in [-0.15, -0.1) is 0 Å². The van der Waals surface area contributed by atoms with E-state index in [0.29, 0.717) is 6.54 Å². The molecular formula is C14H11ClFN3O2. The van der Waals surface area contributed by atoms with E-state index in [2.05, 4.69) is 4.98 Å². The molecule has 0 atom stereocenters. The van der Waals surface area contributed by atoms with Gasteiger partial charge < -0.3 is 4.57 Å².